The molecule has 1 atom stereocenters. The van der Waals surface area contributed by atoms with Crippen LogP contribution in [0.15, 0.2) is 0 Å². The molecule has 0 aliphatic carbocycles. The van der Waals surface area contributed by atoms with Gasteiger partial charge in [-0.1, -0.05) is 13.8 Å². The van der Waals surface area contributed by atoms with Crippen LogP contribution in [0, 0.1) is 12.8 Å². The number of anilines is 1. The largest absolute Gasteiger partial charge is 0.348 e. The molecule has 0 saturated heterocycles. The fraction of sp³-hybridized carbons (Fsp3) is 0.750. The van der Waals surface area contributed by atoms with Gasteiger partial charge in [0.25, 0.3) is 0 Å². The highest BCUT2D eigenvalue weighted by molar-refractivity contribution is 7.15. The molecule has 0 radical (unpaired) electrons. The van der Waals surface area contributed by atoms with E-state index in [1.165, 1.54) is 4.88 Å². The Hall–Kier alpha value is -0.610. The van der Waals surface area contributed by atoms with Crippen molar-refractivity contribution in [3.8, 4) is 0 Å². The van der Waals surface area contributed by atoms with Crippen LogP contribution in [0.3, 0.4) is 0 Å². The quantitative estimate of drug-likeness (QED) is 0.862. The lowest BCUT2D eigenvalue weighted by Crippen LogP contribution is -2.26. The van der Waals surface area contributed by atoms with Crippen molar-refractivity contribution in [2.24, 2.45) is 11.7 Å². The SMILES string of the molecule is CCN(CC(C)C)c1nc(C)c(C(C)N)s1. The number of aryl methyl sites for hydroxylation is 1. The molecule has 1 heterocycles. The van der Waals surface area contributed by atoms with Gasteiger partial charge < -0.3 is 10.6 Å². The molecule has 1 unspecified atom stereocenters. The Bertz CT molecular complexity index is 331. The number of thiazole rings is 1. The highest BCUT2D eigenvalue weighted by Crippen LogP contribution is 2.29. The smallest absolute Gasteiger partial charge is 0.185 e. The predicted octanol–water partition coefficient (Wildman–Crippen LogP) is 2.95. The number of nitrogens with two attached hydrogens (primary N) is 1. The van der Waals surface area contributed by atoms with Crippen LogP contribution in [-0.2, 0) is 0 Å². The fourth-order valence-corrected chi connectivity index (χ4v) is 2.83. The molecule has 0 bridgehead atoms. The Balaban J connectivity index is 2.89. The first-order valence-corrected chi connectivity index (χ1v) is 6.75. The second-order valence-corrected chi connectivity index (χ2v) is 5.68. The molecule has 2 N–H and O–H groups in total. The topological polar surface area (TPSA) is 42.2 Å². The number of nitrogens with zero attached hydrogens (tertiary/aromatic N) is 2. The molecular formula is C12H23N3S. The van der Waals surface area contributed by atoms with Gasteiger partial charge in [-0.15, -0.1) is 11.3 Å². The van der Waals surface area contributed by atoms with E-state index in [-0.39, 0.29) is 6.04 Å². The van der Waals surface area contributed by atoms with Crippen molar-refractivity contribution >= 4 is 16.5 Å². The third-order valence-electron chi connectivity index (χ3n) is 2.47. The van der Waals surface area contributed by atoms with Crippen LogP contribution in [0.25, 0.3) is 0 Å². The van der Waals surface area contributed by atoms with E-state index < -0.39 is 0 Å². The van der Waals surface area contributed by atoms with E-state index in [9.17, 15) is 0 Å². The van der Waals surface area contributed by atoms with Gasteiger partial charge >= 0.3 is 0 Å². The van der Waals surface area contributed by atoms with Gasteiger partial charge in [0.15, 0.2) is 5.13 Å². The zero-order chi connectivity index (χ0) is 12.3. The third kappa shape index (κ3) is 3.19. The minimum atomic E-state index is 0.0870. The molecule has 4 heteroatoms. The summed E-state index contributed by atoms with van der Waals surface area (Å²) < 4.78 is 0. The van der Waals surface area contributed by atoms with E-state index in [1.54, 1.807) is 11.3 Å². The number of rotatable bonds is 5. The lowest BCUT2D eigenvalue weighted by molar-refractivity contribution is 0.617. The van der Waals surface area contributed by atoms with Gasteiger partial charge in [-0.2, -0.15) is 0 Å². The summed E-state index contributed by atoms with van der Waals surface area (Å²) in [6.07, 6.45) is 0. The minimum Gasteiger partial charge on any atom is -0.348 e. The molecule has 0 amide bonds. The minimum absolute atomic E-state index is 0.0870. The molecule has 16 heavy (non-hydrogen) atoms. The monoisotopic (exact) mass is 241 g/mol. The molecule has 0 saturated carbocycles. The number of aromatic nitrogens is 1. The van der Waals surface area contributed by atoms with Crippen LogP contribution in [0.5, 0.6) is 0 Å². The second kappa shape index (κ2) is 5.64. The number of hydrogen-bond acceptors (Lipinski definition) is 4. The summed E-state index contributed by atoms with van der Waals surface area (Å²) in [6, 6.07) is 0.0870. The Kier molecular flexibility index (Phi) is 4.74. The number of hydrogen-bond donors (Lipinski definition) is 1. The molecule has 1 aromatic rings. The first-order valence-electron chi connectivity index (χ1n) is 5.93. The first-order chi connectivity index (χ1) is 7.45. The van der Waals surface area contributed by atoms with E-state index in [4.69, 9.17) is 5.73 Å². The van der Waals surface area contributed by atoms with Crippen LogP contribution in [-0.4, -0.2) is 18.1 Å². The maximum absolute atomic E-state index is 5.92. The highest BCUT2D eigenvalue weighted by Gasteiger charge is 2.15. The van der Waals surface area contributed by atoms with E-state index in [1.807, 2.05) is 13.8 Å². The van der Waals surface area contributed by atoms with Crippen molar-refractivity contribution < 1.29 is 0 Å². The van der Waals surface area contributed by atoms with E-state index >= 15 is 0 Å². The van der Waals surface area contributed by atoms with Gasteiger partial charge in [0.1, 0.15) is 0 Å². The molecule has 0 aliphatic rings. The molecule has 3 nitrogen and oxygen atoms in total. The van der Waals surface area contributed by atoms with Crippen LogP contribution < -0.4 is 10.6 Å². The molecule has 0 aliphatic heterocycles. The normalized spacial score (nSPS) is 13.2. The zero-order valence-electron chi connectivity index (χ0n) is 10.9. The standard InChI is InChI=1S/C12H23N3S/c1-6-15(7-8(2)3)12-14-10(5)11(16-12)9(4)13/h8-9H,6-7,13H2,1-5H3. The predicted molar refractivity (Wildman–Crippen MR) is 72.2 cm³/mol. The third-order valence-corrected chi connectivity index (χ3v) is 3.89. The maximum Gasteiger partial charge on any atom is 0.185 e. The van der Waals surface area contributed by atoms with Crippen molar-refractivity contribution in [2.75, 3.05) is 18.0 Å². The lowest BCUT2D eigenvalue weighted by atomic mass is 10.2. The average Bonchev–Trinajstić information content (AvgIpc) is 2.56. The van der Waals surface area contributed by atoms with Crippen molar-refractivity contribution in [1.29, 1.82) is 0 Å². The Morgan fingerprint density at radius 3 is 2.38 bits per heavy atom. The van der Waals surface area contributed by atoms with Crippen molar-refractivity contribution in [3.63, 3.8) is 0 Å². The van der Waals surface area contributed by atoms with Crippen LogP contribution in [0.4, 0.5) is 5.13 Å². The Labute approximate surface area is 103 Å². The van der Waals surface area contributed by atoms with E-state index in [0.717, 1.165) is 23.9 Å². The Morgan fingerprint density at radius 1 is 1.38 bits per heavy atom. The van der Waals surface area contributed by atoms with Crippen LogP contribution in [0.2, 0.25) is 0 Å². The summed E-state index contributed by atoms with van der Waals surface area (Å²) in [4.78, 5) is 8.15. The summed E-state index contributed by atoms with van der Waals surface area (Å²) in [5.74, 6) is 0.655. The maximum atomic E-state index is 5.92. The molecule has 0 aromatic carbocycles. The van der Waals surface area contributed by atoms with Gasteiger partial charge in [0, 0.05) is 24.0 Å². The molecule has 0 spiro atoms. The van der Waals surface area contributed by atoms with E-state index in [0.29, 0.717) is 5.92 Å². The molecule has 1 rings (SSSR count). The van der Waals surface area contributed by atoms with Crippen LogP contribution in [0.1, 0.15) is 44.3 Å². The van der Waals surface area contributed by atoms with E-state index in [2.05, 4.69) is 30.7 Å². The highest BCUT2D eigenvalue weighted by atomic mass is 32.1. The van der Waals surface area contributed by atoms with Crippen molar-refractivity contribution in [1.82, 2.24) is 4.98 Å². The first kappa shape index (κ1) is 13.5. The molecular weight excluding hydrogens is 218 g/mol. The average molecular weight is 241 g/mol. The summed E-state index contributed by atoms with van der Waals surface area (Å²) >= 11 is 1.73. The van der Waals surface area contributed by atoms with Gasteiger partial charge in [0.05, 0.1) is 5.69 Å². The van der Waals surface area contributed by atoms with Gasteiger partial charge in [-0.05, 0) is 26.7 Å². The van der Waals surface area contributed by atoms with Crippen molar-refractivity contribution in [2.45, 2.75) is 40.7 Å². The fourth-order valence-electron chi connectivity index (χ4n) is 1.73. The zero-order valence-corrected chi connectivity index (χ0v) is 11.8. The second-order valence-electron chi connectivity index (χ2n) is 4.67. The summed E-state index contributed by atoms with van der Waals surface area (Å²) in [6.45, 7) is 12.8. The van der Waals surface area contributed by atoms with Gasteiger partial charge in [-0.25, -0.2) is 4.98 Å². The Morgan fingerprint density at radius 2 is 2.00 bits per heavy atom. The molecule has 92 valence electrons. The lowest BCUT2D eigenvalue weighted by Gasteiger charge is -2.21. The van der Waals surface area contributed by atoms with Gasteiger partial charge in [0.2, 0.25) is 0 Å². The molecule has 1 aromatic heterocycles. The van der Waals surface area contributed by atoms with Crippen molar-refractivity contribution in [3.05, 3.63) is 10.6 Å². The van der Waals surface area contributed by atoms with Gasteiger partial charge in [-0.3, -0.25) is 0 Å². The summed E-state index contributed by atoms with van der Waals surface area (Å²) in [5, 5.41) is 1.11. The summed E-state index contributed by atoms with van der Waals surface area (Å²) in [7, 11) is 0. The summed E-state index contributed by atoms with van der Waals surface area (Å²) in [5.41, 5.74) is 7.00. The van der Waals surface area contributed by atoms with Crippen LogP contribution >= 0.6 is 11.3 Å². The molecule has 0 fully saturated rings.